The molecule has 1 aromatic rings. The summed E-state index contributed by atoms with van der Waals surface area (Å²) in [5.74, 6) is -0.0750. The second-order valence-electron chi connectivity index (χ2n) is 2.31. The molecule has 0 radical (unpaired) electrons. The quantitative estimate of drug-likeness (QED) is 0.653. The number of aromatic amines is 1. The van der Waals surface area contributed by atoms with E-state index in [0.29, 0.717) is 0 Å². The van der Waals surface area contributed by atoms with Crippen LogP contribution in [0.15, 0.2) is 6.07 Å². The van der Waals surface area contributed by atoms with E-state index in [1.165, 1.54) is 6.07 Å². The van der Waals surface area contributed by atoms with Gasteiger partial charge >= 0.3 is 0 Å². The van der Waals surface area contributed by atoms with Crippen LogP contribution < -0.4 is 11.1 Å². The van der Waals surface area contributed by atoms with Gasteiger partial charge in [0, 0.05) is 12.6 Å². The molecule has 0 saturated heterocycles. The molecule has 1 aromatic heterocycles. The number of nitrogens with two attached hydrogens (primary N) is 1. The Morgan fingerprint density at radius 1 is 1.77 bits per heavy atom. The largest absolute Gasteiger partial charge is 0.382 e. The summed E-state index contributed by atoms with van der Waals surface area (Å²) in [6.07, 6.45) is 0. The summed E-state index contributed by atoms with van der Waals surface area (Å²) in [6.45, 7) is 0.181. The number of halogens is 2. The van der Waals surface area contributed by atoms with Gasteiger partial charge in [-0.1, -0.05) is 0 Å². The lowest BCUT2D eigenvalue weighted by molar-refractivity contribution is 0.0950. The van der Waals surface area contributed by atoms with Crippen LogP contribution in [0.2, 0.25) is 0 Å². The number of rotatable bonds is 3. The molecule has 0 aliphatic carbocycles. The third-order valence-corrected chi connectivity index (χ3v) is 1.57. The van der Waals surface area contributed by atoms with Crippen LogP contribution in [0.1, 0.15) is 10.5 Å². The number of aromatic nitrogens is 2. The summed E-state index contributed by atoms with van der Waals surface area (Å²) in [5, 5.41) is 8.53. The maximum Gasteiger partial charge on any atom is 0.269 e. The Bertz CT molecular complexity index is 299. The fourth-order valence-corrected chi connectivity index (χ4v) is 0.873. The predicted molar refractivity (Wildman–Crippen MR) is 50.8 cm³/mol. The van der Waals surface area contributed by atoms with E-state index in [1.54, 1.807) is 0 Å². The maximum atomic E-state index is 11.2. The van der Waals surface area contributed by atoms with Crippen molar-refractivity contribution in [2.45, 2.75) is 4.84 Å². The molecule has 7 heteroatoms. The van der Waals surface area contributed by atoms with E-state index in [1.807, 2.05) is 0 Å². The summed E-state index contributed by atoms with van der Waals surface area (Å²) in [4.78, 5) is 10.6. The van der Waals surface area contributed by atoms with Crippen LogP contribution in [0.25, 0.3) is 0 Å². The van der Waals surface area contributed by atoms with Gasteiger partial charge < -0.3 is 11.1 Å². The first kappa shape index (κ1) is 10.1. The molecule has 72 valence electrons. The second kappa shape index (κ2) is 4.34. The Labute approximate surface area is 84.6 Å². The number of alkyl halides is 2. The van der Waals surface area contributed by atoms with E-state index in [0.717, 1.165) is 0 Å². The van der Waals surface area contributed by atoms with Gasteiger partial charge in [-0.2, -0.15) is 5.10 Å². The van der Waals surface area contributed by atoms with Crippen molar-refractivity contribution in [3.05, 3.63) is 11.8 Å². The third-order valence-electron chi connectivity index (χ3n) is 1.26. The zero-order valence-electron chi connectivity index (χ0n) is 6.55. The van der Waals surface area contributed by atoms with Gasteiger partial charge in [-0.05, 0) is 0 Å². The molecule has 0 saturated carbocycles. The molecule has 0 aliphatic heterocycles. The van der Waals surface area contributed by atoms with Crippen molar-refractivity contribution in [3.8, 4) is 0 Å². The Kier molecular flexibility index (Phi) is 3.39. The van der Waals surface area contributed by atoms with Crippen molar-refractivity contribution in [2.75, 3.05) is 12.3 Å². The van der Waals surface area contributed by atoms with Crippen LogP contribution >= 0.6 is 23.2 Å². The molecule has 0 unspecified atom stereocenters. The molecule has 1 rings (SSSR count). The highest BCUT2D eigenvalue weighted by atomic mass is 35.5. The SMILES string of the molecule is Nc1cc(C(=O)NCC(Cl)Cl)[nH]n1. The van der Waals surface area contributed by atoms with Crippen LogP contribution in [0.5, 0.6) is 0 Å². The molecule has 0 atom stereocenters. The molecule has 0 aliphatic rings. The monoisotopic (exact) mass is 222 g/mol. The summed E-state index contributed by atoms with van der Waals surface area (Å²) >= 11 is 10.8. The highest BCUT2D eigenvalue weighted by Gasteiger charge is 2.09. The number of H-pyrrole nitrogens is 1. The molecule has 0 spiro atoms. The van der Waals surface area contributed by atoms with Crippen molar-refractivity contribution in [3.63, 3.8) is 0 Å². The Morgan fingerprint density at radius 2 is 2.46 bits per heavy atom. The molecule has 1 amide bonds. The molecule has 5 nitrogen and oxygen atoms in total. The number of amides is 1. The molecule has 0 aromatic carbocycles. The minimum Gasteiger partial charge on any atom is -0.382 e. The number of anilines is 1. The minimum atomic E-state index is -0.621. The standard InChI is InChI=1S/C6H8Cl2N4O/c7-4(8)2-10-6(13)3-1-5(9)12-11-3/h1,4H,2H2,(H,10,13)(H3,9,11,12). The zero-order valence-corrected chi connectivity index (χ0v) is 8.06. The van der Waals surface area contributed by atoms with Crippen LogP contribution in [-0.4, -0.2) is 27.5 Å². The third kappa shape index (κ3) is 3.12. The molecule has 1 heterocycles. The number of hydrogen-bond acceptors (Lipinski definition) is 3. The van der Waals surface area contributed by atoms with Crippen molar-refractivity contribution in [1.82, 2.24) is 15.5 Å². The molecule has 0 bridgehead atoms. The van der Waals surface area contributed by atoms with Gasteiger partial charge in [-0.25, -0.2) is 0 Å². The van der Waals surface area contributed by atoms with Crippen molar-refractivity contribution in [2.24, 2.45) is 0 Å². The second-order valence-corrected chi connectivity index (χ2v) is 3.58. The van der Waals surface area contributed by atoms with Gasteiger partial charge in [-0.3, -0.25) is 9.89 Å². The average molecular weight is 223 g/mol. The number of carbonyl (C=O) groups is 1. The summed E-state index contributed by atoms with van der Waals surface area (Å²) < 4.78 is 0. The smallest absolute Gasteiger partial charge is 0.269 e. The number of nitrogens with one attached hydrogen (secondary N) is 2. The summed E-state index contributed by atoms with van der Waals surface area (Å²) in [7, 11) is 0. The van der Waals surface area contributed by atoms with Gasteiger partial charge in [-0.15, -0.1) is 23.2 Å². The number of carbonyl (C=O) groups excluding carboxylic acids is 1. The van der Waals surface area contributed by atoms with E-state index in [2.05, 4.69) is 15.5 Å². The topological polar surface area (TPSA) is 83.8 Å². The van der Waals surface area contributed by atoms with Gasteiger partial charge in [0.05, 0.1) is 0 Å². The first-order chi connectivity index (χ1) is 6.09. The van der Waals surface area contributed by atoms with Gasteiger partial charge in [0.15, 0.2) is 0 Å². The zero-order chi connectivity index (χ0) is 9.84. The van der Waals surface area contributed by atoms with Crippen LogP contribution in [0.3, 0.4) is 0 Å². The lowest BCUT2D eigenvalue weighted by Gasteiger charge is -2.02. The fraction of sp³-hybridized carbons (Fsp3) is 0.333. The van der Waals surface area contributed by atoms with E-state index in [4.69, 9.17) is 28.9 Å². The van der Waals surface area contributed by atoms with Crippen molar-refractivity contribution in [1.29, 1.82) is 0 Å². The van der Waals surface area contributed by atoms with Crippen molar-refractivity contribution < 1.29 is 4.79 Å². The lowest BCUT2D eigenvalue weighted by atomic mass is 10.4. The maximum absolute atomic E-state index is 11.2. The highest BCUT2D eigenvalue weighted by Crippen LogP contribution is 2.02. The lowest BCUT2D eigenvalue weighted by Crippen LogP contribution is -2.28. The predicted octanol–water partition coefficient (Wildman–Crippen LogP) is 0.525. The molecular weight excluding hydrogens is 215 g/mol. The molecule has 13 heavy (non-hydrogen) atoms. The minimum absolute atomic E-state index is 0.181. The van der Waals surface area contributed by atoms with Crippen LogP contribution in [0.4, 0.5) is 5.82 Å². The van der Waals surface area contributed by atoms with Crippen LogP contribution in [0, 0.1) is 0 Å². The summed E-state index contributed by atoms with van der Waals surface area (Å²) in [5.41, 5.74) is 5.58. The van der Waals surface area contributed by atoms with E-state index >= 15 is 0 Å². The Hall–Kier alpha value is -0.940. The van der Waals surface area contributed by atoms with Gasteiger partial charge in [0.1, 0.15) is 16.3 Å². The molecule has 4 N–H and O–H groups in total. The van der Waals surface area contributed by atoms with E-state index in [-0.39, 0.29) is 24.0 Å². The average Bonchev–Trinajstić information content (AvgIpc) is 2.47. The summed E-state index contributed by atoms with van der Waals surface area (Å²) in [6, 6.07) is 1.42. The number of nitrogens with zero attached hydrogens (tertiary/aromatic N) is 1. The number of nitrogen functional groups attached to an aromatic ring is 1. The first-order valence-electron chi connectivity index (χ1n) is 3.47. The highest BCUT2D eigenvalue weighted by molar-refractivity contribution is 6.44. The van der Waals surface area contributed by atoms with Gasteiger partial charge in [0.25, 0.3) is 5.91 Å². The fourth-order valence-electron chi connectivity index (χ4n) is 0.719. The Balaban J connectivity index is 2.49. The van der Waals surface area contributed by atoms with Crippen LogP contribution in [-0.2, 0) is 0 Å². The Morgan fingerprint density at radius 3 is 2.92 bits per heavy atom. The number of hydrogen-bond donors (Lipinski definition) is 3. The normalized spacial score (nSPS) is 10.4. The first-order valence-corrected chi connectivity index (χ1v) is 4.34. The molecular formula is C6H8Cl2N4O. The van der Waals surface area contributed by atoms with Crippen molar-refractivity contribution >= 4 is 34.9 Å². The van der Waals surface area contributed by atoms with E-state index < -0.39 is 4.84 Å². The van der Waals surface area contributed by atoms with E-state index in [9.17, 15) is 4.79 Å². The molecule has 0 fully saturated rings. The van der Waals surface area contributed by atoms with Gasteiger partial charge in [0.2, 0.25) is 0 Å².